The van der Waals surface area contributed by atoms with E-state index in [9.17, 15) is 4.79 Å². The van der Waals surface area contributed by atoms with Gasteiger partial charge in [-0.3, -0.25) is 9.48 Å². The first kappa shape index (κ1) is 13.3. The molecule has 0 bridgehead atoms. The fraction of sp³-hybridized carbons (Fsp3) is 0.188. The van der Waals surface area contributed by atoms with Crippen LogP contribution in [0.15, 0.2) is 36.7 Å². The normalized spacial score (nSPS) is 10.8. The maximum atomic E-state index is 11.3. The molecule has 0 saturated carbocycles. The van der Waals surface area contributed by atoms with Gasteiger partial charge in [0.25, 0.3) is 0 Å². The third-order valence-corrected chi connectivity index (χ3v) is 3.40. The predicted molar refractivity (Wildman–Crippen MR) is 80.6 cm³/mol. The predicted octanol–water partition coefficient (Wildman–Crippen LogP) is 2.70. The molecule has 0 aliphatic heterocycles. The third-order valence-electron chi connectivity index (χ3n) is 3.40. The molecule has 0 aliphatic rings. The van der Waals surface area contributed by atoms with Gasteiger partial charge in [-0.05, 0) is 43.2 Å². The van der Waals surface area contributed by atoms with Crippen LogP contribution in [0.4, 0.5) is 0 Å². The van der Waals surface area contributed by atoms with E-state index in [4.69, 9.17) is 0 Å². The second-order valence-corrected chi connectivity index (χ2v) is 5.18. The molecule has 0 amide bonds. The lowest BCUT2D eigenvalue weighted by Gasteiger charge is -2.04. The molecule has 5 heteroatoms. The number of benzene rings is 1. The Hall–Kier alpha value is -2.69. The maximum Gasteiger partial charge on any atom is 0.153 e. The van der Waals surface area contributed by atoms with E-state index in [1.807, 2.05) is 39.1 Å². The van der Waals surface area contributed by atoms with E-state index >= 15 is 0 Å². The molecule has 1 aromatic carbocycles. The van der Waals surface area contributed by atoms with Gasteiger partial charge >= 0.3 is 0 Å². The lowest BCUT2D eigenvalue weighted by atomic mass is 10.1. The molecule has 2 aromatic heterocycles. The molecular weight excluding hydrogens is 264 g/mol. The SMILES string of the molecule is Cc1cc(C)cc(-n2cc(C=O)c(-c3ccnn3C)n2)c1. The molecule has 5 nitrogen and oxygen atoms in total. The Morgan fingerprint density at radius 3 is 2.43 bits per heavy atom. The van der Waals surface area contributed by atoms with Crippen molar-refractivity contribution in [2.75, 3.05) is 0 Å². The highest BCUT2D eigenvalue weighted by molar-refractivity contribution is 5.84. The highest BCUT2D eigenvalue weighted by Gasteiger charge is 2.14. The van der Waals surface area contributed by atoms with Crippen LogP contribution in [0.3, 0.4) is 0 Å². The van der Waals surface area contributed by atoms with E-state index in [-0.39, 0.29) is 0 Å². The summed E-state index contributed by atoms with van der Waals surface area (Å²) in [6.45, 7) is 4.09. The molecule has 0 radical (unpaired) electrons. The Bertz CT molecular complexity index is 793. The molecule has 2 heterocycles. The fourth-order valence-electron chi connectivity index (χ4n) is 2.49. The molecule has 0 saturated heterocycles. The van der Waals surface area contributed by atoms with Gasteiger partial charge in [0.1, 0.15) is 5.69 Å². The molecule has 0 fully saturated rings. The number of carbonyl (C=O) groups is 1. The zero-order chi connectivity index (χ0) is 15.0. The first-order valence-electron chi connectivity index (χ1n) is 6.70. The van der Waals surface area contributed by atoms with Crippen LogP contribution < -0.4 is 0 Å². The minimum atomic E-state index is 0.553. The summed E-state index contributed by atoms with van der Waals surface area (Å²) in [6, 6.07) is 8.04. The summed E-state index contributed by atoms with van der Waals surface area (Å²) in [5.41, 5.74) is 5.29. The number of rotatable bonds is 3. The van der Waals surface area contributed by atoms with Crippen molar-refractivity contribution < 1.29 is 4.79 Å². The summed E-state index contributed by atoms with van der Waals surface area (Å²) in [7, 11) is 1.83. The minimum Gasteiger partial charge on any atom is -0.298 e. The molecule has 106 valence electrons. The van der Waals surface area contributed by atoms with E-state index in [0.29, 0.717) is 11.3 Å². The second kappa shape index (κ2) is 5.01. The van der Waals surface area contributed by atoms with E-state index in [1.54, 1.807) is 21.8 Å². The van der Waals surface area contributed by atoms with E-state index in [0.717, 1.165) is 28.8 Å². The van der Waals surface area contributed by atoms with Gasteiger partial charge in [-0.15, -0.1) is 0 Å². The van der Waals surface area contributed by atoms with Gasteiger partial charge in [-0.25, -0.2) is 4.68 Å². The van der Waals surface area contributed by atoms with Crippen LogP contribution >= 0.6 is 0 Å². The Balaban J connectivity index is 2.16. The van der Waals surface area contributed by atoms with Gasteiger partial charge < -0.3 is 0 Å². The zero-order valence-electron chi connectivity index (χ0n) is 12.2. The van der Waals surface area contributed by atoms with Crippen LogP contribution in [0.25, 0.3) is 17.1 Å². The first-order valence-corrected chi connectivity index (χ1v) is 6.70. The first-order chi connectivity index (χ1) is 10.1. The topological polar surface area (TPSA) is 52.7 Å². The number of aldehydes is 1. The smallest absolute Gasteiger partial charge is 0.153 e. The van der Waals surface area contributed by atoms with Crippen molar-refractivity contribution in [3.8, 4) is 17.1 Å². The van der Waals surface area contributed by atoms with Crippen LogP contribution in [-0.2, 0) is 7.05 Å². The summed E-state index contributed by atoms with van der Waals surface area (Å²) < 4.78 is 3.45. The van der Waals surface area contributed by atoms with Crippen molar-refractivity contribution in [3.05, 3.63) is 53.3 Å². The van der Waals surface area contributed by atoms with Crippen molar-refractivity contribution in [2.24, 2.45) is 7.05 Å². The molecule has 0 aliphatic carbocycles. The third kappa shape index (κ3) is 2.38. The van der Waals surface area contributed by atoms with Gasteiger partial charge in [-0.1, -0.05) is 6.07 Å². The second-order valence-electron chi connectivity index (χ2n) is 5.18. The van der Waals surface area contributed by atoms with Crippen LogP contribution in [0.1, 0.15) is 21.5 Å². The molecule has 0 N–H and O–H groups in total. The van der Waals surface area contributed by atoms with Crippen molar-refractivity contribution >= 4 is 6.29 Å². The Morgan fingerprint density at radius 2 is 1.86 bits per heavy atom. The van der Waals surface area contributed by atoms with Crippen molar-refractivity contribution in [1.82, 2.24) is 19.6 Å². The molecule has 3 aromatic rings. The number of hydrogen-bond acceptors (Lipinski definition) is 3. The molecule has 0 atom stereocenters. The van der Waals surface area contributed by atoms with Crippen molar-refractivity contribution in [2.45, 2.75) is 13.8 Å². The van der Waals surface area contributed by atoms with E-state index in [2.05, 4.69) is 16.3 Å². The van der Waals surface area contributed by atoms with Gasteiger partial charge in [-0.2, -0.15) is 10.2 Å². The summed E-state index contributed by atoms with van der Waals surface area (Å²) >= 11 is 0. The van der Waals surface area contributed by atoms with Crippen molar-refractivity contribution in [1.29, 1.82) is 0 Å². The summed E-state index contributed by atoms with van der Waals surface area (Å²) in [6.07, 6.45) is 4.28. The average Bonchev–Trinajstić information content (AvgIpc) is 3.03. The largest absolute Gasteiger partial charge is 0.298 e. The number of aryl methyl sites for hydroxylation is 3. The molecular formula is C16H16N4O. The number of nitrogens with zero attached hydrogens (tertiary/aromatic N) is 4. The number of carbonyl (C=O) groups excluding carboxylic acids is 1. The molecule has 0 unspecified atom stereocenters. The summed E-state index contributed by atoms with van der Waals surface area (Å²) in [4.78, 5) is 11.3. The maximum absolute atomic E-state index is 11.3. The molecule has 3 rings (SSSR count). The zero-order valence-corrected chi connectivity index (χ0v) is 12.2. The highest BCUT2D eigenvalue weighted by atomic mass is 16.1. The van der Waals surface area contributed by atoms with Gasteiger partial charge in [0, 0.05) is 19.4 Å². The molecule has 21 heavy (non-hydrogen) atoms. The van der Waals surface area contributed by atoms with Crippen LogP contribution in [0.2, 0.25) is 0 Å². The Morgan fingerprint density at radius 1 is 1.14 bits per heavy atom. The quantitative estimate of drug-likeness (QED) is 0.693. The van der Waals surface area contributed by atoms with Crippen LogP contribution in [0, 0.1) is 13.8 Å². The highest BCUT2D eigenvalue weighted by Crippen LogP contribution is 2.22. The Labute approximate surface area is 122 Å². The monoisotopic (exact) mass is 280 g/mol. The van der Waals surface area contributed by atoms with Crippen molar-refractivity contribution in [3.63, 3.8) is 0 Å². The summed E-state index contributed by atoms with van der Waals surface area (Å²) in [5.74, 6) is 0. The molecule has 0 spiro atoms. The standard InChI is InChI=1S/C16H16N4O/c1-11-6-12(2)8-14(7-11)20-9-13(10-21)16(18-20)15-4-5-17-19(15)3/h4-10H,1-3H3. The lowest BCUT2D eigenvalue weighted by molar-refractivity contribution is 0.112. The lowest BCUT2D eigenvalue weighted by Crippen LogP contribution is -1.98. The Kier molecular flexibility index (Phi) is 3.17. The van der Waals surface area contributed by atoms with Gasteiger partial charge in [0.2, 0.25) is 0 Å². The van der Waals surface area contributed by atoms with Gasteiger partial charge in [0.05, 0.1) is 16.9 Å². The average molecular weight is 280 g/mol. The van der Waals surface area contributed by atoms with Crippen LogP contribution in [-0.4, -0.2) is 25.8 Å². The minimum absolute atomic E-state index is 0.553. The van der Waals surface area contributed by atoms with Crippen LogP contribution in [0.5, 0.6) is 0 Å². The number of hydrogen-bond donors (Lipinski definition) is 0. The van der Waals surface area contributed by atoms with E-state index < -0.39 is 0 Å². The van der Waals surface area contributed by atoms with Gasteiger partial charge in [0.15, 0.2) is 6.29 Å². The number of aromatic nitrogens is 4. The van der Waals surface area contributed by atoms with E-state index in [1.165, 1.54) is 0 Å². The fourth-order valence-corrected chi connectivity index (χ4v) is 2.49. The summed E-state index contributed by atoms with van der Waals surface area (Å²) in [5, 5.41) is 8.69.